The molecule has 0 aliphatic heterocycles. The van der Waals surface area contributed by atoms with Crippen molar-refractivity contribution in [1.82, 2.24) is 0 Å². The van der Waals surface area contributed by atoms with Crippen LogP contribution in [-0.4, -0.2) is 29.6 Å². The van der Waals surface area contributed by atoms with E-state index >= 15 is 0 Å². The zero-order valence-electron chi connectivity index (χ0n) is 5.96. The highest BCUT2D eigenvalue weighted by atomic mass is 16.5. The molecule has 4 nitrogen and oxygen atoms in total. The van der Waals surface area contributed by atoms with Crippen molar-refractivity contribution in [3.05, 3.63) is 0 Å². The summed E-state index contributed by atoms with van der Waals surface area (Å²) >= 11 is 0. The molecular formula is C6H10O4. The molecule has 0 rings (SSSR count). The van der Waals surface area contributed by atoms with Crippen LogP contribution >= 0.6 is 0 Å². The number of Topliss-reactive ketones (excluding diaryl/α,β-unsaturated/α-hetero) is 1. The van der Waals surface area contributed by atoms with Gasteiger partial charge in [-0.25, -0.2) is 4.79 Å². The minimum atomic E-state index is -1.15. The Hall–Kier alpha value is -0.900. The van der Waals surface area contributed by atoms with Crippen LogP contribution in [0.2, 0.25) is 0 Å². The van der Waals surface area contributed by atoms with Gasteiger partial charge in [0.05, 0.1) is 0 Å². The number of esters is 1. The van der Waals surface area contributed by atoms with Crippen LogP contribution in [-0.2, 0) is 14.3 Å². The highest BCUT2D eigenvalue weighted by molar-refractivity contribution is 5.81. The van der Waals surface area contributed by atoms with E-state index in [1.807, 2.05) is 0 Å². The van der Waals surface area contributed by atoms with Gasteiger partial charge in [-0.2, -0.15) is 0 Å². The molecule has 0 radical (unpaired) electrons. The second-order valence-corrected chi connectivity index (χ2v) is 1.99. The Bertz CT molecular complexity index is 139. The van der Waals surface area contributed by atoms with Gasteiger partial charge in [0.2, 0.25) is 0 Å². The molecule has 4 heteroatoms. The van der Waals surface area contributed by atoms with E-state index in [1.165, 1.54) is 13.8 Å². The smallest absolute Gasteiger partial charge is 0.335 e. The molecule has 0 aromatic heterocycles. The average molecular weight is 146 g/mol. The largest absolute Gasteiger partial charge is 0.456 e. The zero-order valence-corrected chi connectivity index (χ0v) is 5.96. The Morgan fingerprint density at radius 2 is 2.10 bits per heavy atom. The van der Waals surface area contributed by atoms with E-state index in [0.29, 0.717) is 0 Å². The van der Waals surface area contributed by atoms with Crippen molar-refractivity contribution in [2.45, 2.75) is 20.0 Å². The number of hydrogen-bond acceptors (Lipinski definition) is 4. The summed E-state index contributed by atoms with van der Waals surface area (Å²) in [4.78, 5) is 20.6. The lowest BCUT2D eigenvalue weighted by Crippen LogP contribution is -2.21. The van der Waals surface area contributed by atoms with Crippen molar-refractivity contribution in [3.63, 3.8) is 0 Å². The second-order valence-electron chi connectivity index (χ2n) is 1.99. The number of aliphatic hydroxyl groups is 1. The monoisotopic (exact) mass is 146 g/mol. The Morgan fingerprint density at radius 1 is 1.60 bits per heavy atom. The van der Waals surface area contributed by atoms with Crippen molar-refractivity contribution >= 4 is 11.8 Å². The summed E-state index contributed by atoms with van der Waals surface area (Å²) in [5.74, 6) is -1.01. The molecule has 0 amide bonds. The van der Waals surface area contributed by atoms with Crippen molar-refractivity contribution in [2.75, 3.05) is 6.61 Å². The van der Waals surface area contributed by atoms with Crippen LogP contribution in [0.3, 0.4) is 0 Å². The molecule has 0 aliphatic rings. The van der Waals surface area contributed by atoms with Gasteiger partial charge in [-0.1, -0.05) is 0 Å². The molecule has 0 unspecified atom stereocenters. The fourth-order valence-electron chi connectivity index (χ4n) is 0.293. The lowest BCUT2D eigenvalue weighted by molar-refractivity contribution is -0.155. The minimum Gasteiger partial charge on any atom is -0.456 e. The summed E-state index contributed by atoms with van der Waals surface area (Å²) in [5, 5.41) is 8.55. The van der Waals surface area contributed by atoms with Gasteiger partial charge in [0, 0.05) is 0 Å². The van der Waals surface area contributed by atoms with Crippen LogP contribution in [0.5, 0.6) is 0 Å². The molecule has 0 aromatic carbocycles. The third kappa shape index (κ3) is 4.03. The Balaban J connectivity index is 3.50. The van der Waals surface area contributed by atoms with Gasteiger partial charge in [-0.15, -0.1) is 0 Å². The van der Waals surface area contributed by atoms with Crippen LogP contribution in [0.15, 0.2) is 0 Å². The summed E-state index contributed by atoms with van der Waals surface area (Å²) in [6, 6.07) is 0. The summed E-state index contributed by atoms with van der Waals surface area (Å²) in [7, 11) is 0. The Morgan fingerprint density at radius 3 is 2.40 bits per heavy atom. The maximum atomic E-state index is 10.4. The predicted molar refractivity (Wildman–Crippen MR) is 33.3 cm³/mol. The molecular weight excluding hydrogens is 136 g/mol. The van der Waals surface area contributed by atoms with E-state index in [2.05, 4.69) is 4.74 Å². The Labute approximate surface area is 58.8 Å². The number of aliphatic hydroxyl groups excluding tert-OH is 1. The number of ether oxygens (including phenoxy) is 1. The maximum Gasteiger partial charge on any atom is 0.335 e. The fourth-order valence-corrected chi connectivity index (χ4v) is 0.293. The molecule has 0 fully saturated rings. The zero-order chi connectivity index (χ0) is 8.15. The number of hydrogen-bond donors (Lipinski definition) is 1. The molecule has 0 bridgehead atoms. The van der Waals surface area contributed by atoms with Gasteiger partial charge in [0.1, 0.15) is 12.7 Å². The SMILES string of the molecule is CC(=O)COC(=O)[C@@H](C)O. The van der Waals surface area contributed by atoms with Crippen LogP contribution in [0, 0.1) is 0 Å². The molecule has 0 aromatic rings. The fraction of sp³-hybridized carbons (Fsp3) is 0.667. The number of rotatable bonds is 3. The number of carbonyl (C=O) groups is 2. The van der Waals surface area contributed by atoms with Crippen molar-refractivity contribution in [2.24, 2.45) is 0 Å². The van der Waals surface area contributed by atoms with Crippen molar-refractivity contribution in [3.8, 4) is 0 Å². The molecule has 1 N–H and O–H groups in total. The van der Waals surface area contributed by atoms with E-state index in [9.17, 15) is 9.59 Å². The number of carbonyl (C=O) groups excluding carboxylic acids is 2. The molecule has 10 heavy (non-hydrogen) atoms. The highest BCUT2D eigenvalue weighted by Crippen LogP contribution is 1.86. The summed E-state index contributed by atoms with van der Waals surface area (Å²) in [5.41, 5.74) is 0. The highest BCUT2D eigenvalue weighted by Gasteiger charge is 2.09. The lowest BCUT2D eigenvalue weighted by atomic mass is 10.4. The van der Waals surface area contributed by atoms with Gasteiger partial charge in [0.15, 0.2) is 5.78 Å². The molecule has 0 aliphatic carbocycles. The van der Waals surface area contributed by atoms with Crippen LogP contribution in [0.25, 0.3) is 0 Å². The van der Waals surface area contributed by atoms with E-state index in [0.717, 1.165) is 0 Å². The van der Waals surface area contributed by atoms with E-state index < -0.39 is 12.1 Å². The first-order valence-electron chi connectivity index (χ1n) is 2.88. The normalized spacial score (nSPS) is 12.3. The first kappa shape index (κ1) is 9.10. The third-order valence-corrected chi connectivity index (χ3v) is 0.759. The topological polar surface area (TPSA) is 63.6 Å². The summed E-state index contributed by atoms with van der Waals surface area (Å²) in [6.07, 6.45) is -1.15. The van der Waals surface area contributed by atoms with Gasteiger partial charge < -0.3 is 9.84 Å². The molecule has 0 heterocycles. The minimum absolute atomic E-state index is 0.242. The van der Waals surface area contributed by atoms with Gasteiger partial charge in [-0.3, -0.25) is 4.79 Å². The van der Waals surface area contributed by atoms with Gasteiger partial charge >= 0.3 is 5.97 Å². The van der Waals surface area contributed by atoms with Crippen LogP contribution in [0.4, 0.5) is 0 Å². The average Bonchev–Trinajstić information content (AvgIpc) is 1.82. The third-order valence-electron chi connectivity index (χ3n) is 0.759. The molecule has 0 spiro atoms. The first-order chi connectivity index (χ1) is 4.54. The molecule has 58 valence electrons. The van der Waals surface area contributed by atoms with Crippen molar-refractivity contribution in [1.29, 1.82) is 0 Å². The first-order valence-corrected chi connectivity index (χ1v) is 2.88. The molecule has 1 atom stereocenters. The quantitative estimate of drug-likeness (QED) is 0.545. The maximum absolute atomic E-state index is 10.4. The second kappa shape index (κ2) is 4.00. The van der Waals surface area contributed by atoms with Gasteiger partial charge in [-0.05, 0) is 13.8 Å². The lowest BCUT2D eigenvalue weighted by Gasteiger charge is -2.02. The number of ketones is 1. The molecule has 0 saturated heterocycles. The van der Waals surface area contributed by atoms with Crippen molar-refractivity contribution < 1.29 is 19.4 Å². The van der Waals surface area contributed by atoms with Crippen LogP contribution < -0.4 is 0 Å². The summed E-state index contributed by atoms with van der Waals surface area (Å²) in [6.45, 7) is 2.32. The van der Waals surface area contributed by atoms with E-state index in [1.54, 1.807) is 0 Å². The van der Waals surface area contributed by atoms with Gasteiger partial charge in [0.25, 0.3) is 0 Å². The standard InChI is InChI=1S/C6H10O4/c1-4(7)3-10-6(9)5(2)8/h5,8H,3H2,1-2H3/t5-/m1/s1. The Kier molecular flexibility index (Phi) is 3.64. The van der Waals surface area contributed by atoms with Crippen LogP contribution in [0.1, 0.15) is 13.8 Å². The summed E-state index contributed by atoms with van der Waals surface area (Å²) < 4.78 is 4.33. The predicted octanol–water partition coefficient (Wildman–Crippen LogP) is -0.501. The molecule has 0 saturated carbocycles. The van der Waals surface area contributed by atoms with E-state index in [-0.39, 0.29) is 12.4 Å². The van der Waals surface area contributed by atoms with E-state index in [4.69, 9.17) is 5.11 Å².